The predicted molar refractivity (Wildman–Crippen MR) is 133 cm³/mol. The van der Waals surface area contributed by atoms with E-state index in [1.165, 1.54) is 0 Å². The monoisotopic (exact) mass is 515 g/mol. The third-order valence-electron chi connectivity index (χ3n) is 5.18. The molecule has 1 aromatic carbocycles. The Morgan fingerprint density at radius 2 is 1.97 bits per heavy atom. The first-order valence-corrected chi connectivity index (χ1v) is 10.4. The number of hydrogen-bond acceptors (Lipinski definition) is 3. The molecule has 1 aliphatic rings. The van der Waals surface area contributed by atoms with E-state index in [2.05, 4.69) is 52.7 Å². The van der Waals surface area contributed by atoms with Gasteiger partial charge in [-0.15, -0.1) is 24.0 Å². The predicted octanol–water partition coefficient (Wildman–Crippen LogP) is 3.68. The fourth-order valence-corrected chi connectivity index (χ4v) is 3.51. The van der Waals surface area contributed by atoms with Crippen LogP contribution in [0, 0.1) is 11.8 Å². The van der Waals surface area contributed by atoms with Gasteiger partial charge in [0.05, 0.1) is 0 Å². The minimum atomic E-state index is 0. The fraction of sp³-hybridized carbons (Fsp3) is 0.636. The van der Waals surface area contributed by atoms with E-state index in [1.807, 2.05) is 32.0 Å². The lowest BCUT2D eigenvalue weighted by atomic mass is 10.1. The zero-order valence-corrected chi connectivity index (χ0v) is 21.0. The van der Waals surface area contributed by atoms with Crippen LogP contribution >= 0.6 is 24.0 Å². The van der Waals surface area contributed by atoms with Gasteiger partial charge in [-0.3, -0.25) is 14.7 Å². The minimum absolute atomic E-state index is 0. The summed E-state index contributed by atoms with van der Waals surface area (Å²) in [5.74, 6) is 1.81. The summed E-state index contributed by atoms with van der Waals surface area (Å²) in [5, 5.41) is 9.94. The summed E-state index contributed by atoms with van der Waals surface area (Å²) >= 11 is 0. The number of benzene rings is 1. The highest BCUT2D eigenvalue weighted by molar-refractivity contribution is 14.0. The van der Waals surface area contributed by atoms with E-state index in [1.54, 1.807) is 7.05 Å². The summed E-state index contributed by atoms with van der Waals surface area (Å²) in [6.45, 7) is 13.7. The van der Waals surface area contributed by atoms with E-state index in [9.17, 15) is 4.79 Å². The summed E-state index contributed by atoms with van der Waals surface area (Å²) in [6, 6.07) is 8.93. The number of carbonyl (C=O) groups excluding carboxylic acids is 1. The lowest BCUT2D eigenvalue weighted by molar-refractivity contribution is -0.116. The van der Waals surface area contributed by atoms with Crippen molar-refractivity contribution in [3.63, 3.8) is 0 Å². The van der Waals surface area contributed by atoms with Crippen molar-refractivity contribution in [1.82, 2.24) is 15.5 Å². The summed E-state index contributed by atoms with van der Waals surface area (Å²) in [7, 11) is 1.80. The van der Waals surface area contributed by atoms with Crippen LogP contribution in [0.4, 0.5) is 5.69 Å². The summed E-state index contributed by atoms with van der Waals surface area (Å²) in [5.41, 5.74) is 1.94. The topological polar surface area (TPSA) is 68.8 Å². The SMILES string of the molecule is CN=C(NCc1cccc(NC(=O)CC(C)C)c1)NC1CN(C(C)C)CC1C.I. The van der Waals surface area contributed by atoms with Gasteiger partial charge < -0.3 is 16.0 Å². The molecule has 164 valence electrons. The molecule has 0 saturated carbocycles. The highest BCUT2D eigenvalue weighted by Crippen LogP contribution is 2.18. The maximum absolute atomic E-state index is 12.0. The summed E-state index contributed by atoms with van der Waals surface area (Å²) in [4.78, 5) is 18.9. The lowest BCUT2D eigenvalue weighted by Gasteiger charge is -2.22. The minimum Gasteiger partial charge on any atom is -0.352 e. The van der Waals surface area contributed by atoms with Crippen LogP contribution in [-0.2, 0) is 11.3 Å². The molecule has 0 bridgehead atoms. The van der Waals surface area contributed by atoms with E-state index in [-0.39, 0.29) is 29.9 Å². The molecule has 1 aliphatic heterocycles. The maximum Gasteiger partial charge on any atom is 0.224 e. The van der Waals surface area contributed by atoms with Gasteiger partial charge in [0.1, 0.15) is 0 Å². The molecular weight excluding hydrogens is 477 g/mol. The third-order valence-corrected chi connectivity index (χ3v) is 5.18. The molecule has 0 aromatic heterocycles. The van der Waals surface area contributed by atoms with E-state index in [0.717, 1.165) is 30.3 Å². The van der Waals surface area contributed by atoms with Gasteiger partial charge in [-0.25, -0.2) is 0 Å². The van der Waals surface area contributed by atoms with Gasteiger partial charge in [0.25, 0.3) is 0 Å². The molecule has 3 N–H and O–H groups in total. The molecule has 1 fully saturated rings. The zero-order valence-electron chi connectivity index (χ0n) is 18.7. The Hall–Kier alpha value is -1.35. The highest BCUT2D eigenvalue weighted by atomic mass is 127. The van der Waals surface area contributed by atoms with Crippen molar-refractivity contribution in [2.24, 2.45) is 16.8 Å². The first-order chi connectivity index (χ1) is 13.3. The van der Waals surface area contributed by atoms with Crippen molar-refractivity contribution < 1.29 is 4.79 Å². The molecule has 1 amide bonds. The van der Waals surface area contributed by atoms with Crippen LogP contribution in [0.15, 0.2) is 29.3 Å². The second-order valence-corrected chi connectivity index (χ2v) is 8.55. The van der Waals surface area contributed by atoms with Crippen LogP contribution in [0.5, 0.6) is 0 Å². The number of anilines is 1. The number of nitrogens with zero attached hydrogens (tertiary/aromatic N) is 2. The van der Waals surface area contributed by atoms with E-state index in [0.29, 0.717) is 36.9 Å². The Bertz CT molecular complexity index is 677. The van der Waals surface area contributed by atoms with Crippen molar-refractivity contribution in [2.45, 2.75) is 59.7 Å². The fourth-order valence-electron chi connectivity index (χ4n) is 3.51. The number of guanidine groups is 1. The number of nitrogens with one attached hydrogen (secondary N) is 3. The molecule has 29 heavy (non-hydrogen) atoms. The molecule has 2 unspecified atom stereocenters. The summed E-state index contributed by atoms with van der Waals surface area (Å²) in [6.07, 6.45) is 0.534. The number of carbonyl (C=O) groups is 1. The number of aliphatic imine (C=N–C) groups is 1. The molecular formula is C22H38IN5O. The van der Waals surface area contributed by atoms with Gasteiger partial charge in [-0.05, 0) is 43.4 Å². The van der Waals surface area contributed by atoms with Gasteiger partial charge in [-0.2, -0.15) is 0 Å². The van der Waals surface area contributed by atoms with Crippen molar-refractivity contribution in [3.05, 3.63) is 29.8 Å². The first kappa shape index (κ1) is 25.7. The molecule has 1 heterocycles. The Kier molecular flexibility index (Phi) is 11.0. The standard InChI is InChI=1S/C22H37N5O.HI/c1-15(2)10-21(28)25-19-9-7-8-18(11-19)12-24-22(23-6)26-20-14-27(16(3)4)13-17(20)5;/h7-9,11,15-17,20H,10,12-14H2,1-6H3,(H,25,28)(H2,23,24,26);1H. The molecule has 7 heteroatoms. The van der Waals surface area contributed by atoms with Crippen LogP contribution in [0.25, 0.3) is 0 Å². The van der Waals surface area contributed by atoms with Crippen molar-refractivity contribution in [1.29, 1.82) is 0 Å². The number of rotatable bonds is 7. The smallest absolute Gasteiger partial charge is 0.224 e. The van der Waals surface area contributed by atoms with Crippen molar-refractivity contribution >= 4 is 41.5 Å². The van der Waals surface area contributed by atoms with Crippen LogP contribution in [0.1, 0.15) is 46.6 Å². The Morgan fingerprint density at radius 3 is 2.55 bits per heavy atom. The Morgan fingerprint density at radius 1 is 1.24 bits per heavy atom. The first-order valence-electron chi connectivity index (χ1n) is 10.4. The zero-order chi connectivity index (χ0) is 20.7. The van der Waals surface area contributed by atoms with Gasteiger partial charge in [0.2, 0.25) is 5.91 Å². The average molecular weight is 515 g/mol. The number of amides is 1. The van der Waals surface area contributed by atoms with E-state index < -0.39 is 0 Å². The molecule has 2 rings (SSSR count). The van der Waals surface area contributed by atoms with Crippen LogP contribution in [-0.4, -0.2) is 49.0 Å². The normalized spacial score (nSPS) is 19.9. The number of hydrogen-bond donors (Lipinski definition) is 3. The molecule has 6 nitrogen and oxygen atoms in total. The van der Waals surface area contributed by atoms with E-state index >= 15 is 0 Å². The Labute approximate surface area is 193 Å². The van der Waals surface area contributed by atoms with Gasteiger partial charge in [-0.1, -0.05) is 32.9 Å². The summed E-state index contributed by atoms with van der Waals surface area (Å²) < 4.78 is 0. The number of halogens is 1. The van der Waals surface area contributed by atoms with Gasteiger partial charge >= 0.3 is 0 Å². The van der Waals surface area contributed by atoms with Crippen LogP contribution < -0.4 is 16.0 Å². The second kappa shape index (κ2) is 12.4. The second-order valence-electron chi connectivity index (χ2n) is 8.55. The lowest BCUT2D eigenvalue weighted by Crippen LogP contribution is -2.46. The molecule has 0 aliphatic carbocycles. The quantitative estimate of drug-likeness (QED) is 0.295. The average Bonchev–Trinajstić information content (AvgIpc) is 2.99. The maximum atomic E-state index is 12.0. The van der Waals surface area contributed by atoms with Gasteiger partial charge in [0, 0.05) is 50.9 Å². The molecule has 1 saturated heterocycles. The molecule has 1 aromatic rings. The van der Waals surface area contributed by atoms with Crippen molar-refractivity contribution in [3.8, 4) is 0 Å². The molecule has 0 radical (unpaired) electrons. The third kappa shape index (κ3) is 8.50. The number of likely N-dealkylation sites (tertiary alicyclic amines) is 1. The Balaban J connectivity index is 0.00000420. The van der Waals surface area contributed by atoms with Crippen LogP contribution in [0.2, 0.25) is 0 Å². The van der Waals surface area contributed by atoms with E-state index in [4.69, 9.17) is 0 Å². The molecule has 0 spiro atoms. The highest BCUT2D eigenvalue weighted by Gasteiger charge is 2.31. The largest absolute Gasteiger partial charge is 0.352 e. The van der Waals surface area contributed by atoms with Crippen molar-refractivity contribution in [2.75, 3.05) is 25.5 Å². The van der Waals surface area contributed by atoms with Gasteiger partial charge in [0.15, 0.2) is 5.96 Å². The molecule has 2 atom stereocenters. The van der Waals surface area contributed by atoms with Crippen LogP contribution in [0.3, 0.4) is 0 Å².